The standard InChI is InChI=1S/C50H41NO/c1-3-4-11-34(2)44-14-7-9-16-47(44)51(42-26-20-36(21-27-42)39-19-18-35-12-5-6-13-38(35)32-39)43-28-22-37(23-29-43)40-24-30-45-41(33-40)25-31-49-50(45)46-15-8-10-17-48(46)52-49/h5-13,15-33,44H,3-4,14H2,1-2H3/b34-11+. The number of nitrogens with zero attached hydrogens (tertiary/aromatic N) is 1. The summed E-state index contributed by atoms with van der Waals surface area (Å²) in [6.45, 7) is 4.55. The number of hydrogen-bond donors (Lipinski definition) is 0. The summed E-state index contributed by atoms with van der Waals surface area (Å²) in [7, 11) is 0. The number of fused-ring (bicyclic) bond motifs is 6. The van der Waals surface area contributed by atoms with E-state index in [9.17, 15) is 0 Å². The molecule has 0 saturated heterocycles. The van der Waals surface area contributed by atoms with Gasteiger partial charge in [-0.3, -0.25) is 0 Å². The molecule has 0 amide bonds. The van der Waals surface area contributed by atoms with E-state index in [1.54, 1.807) is 0 Å². The van der Waals surface area contributed by atoms with Crippen molar-refractivity contribution in [2.45, 2.75) is 33.1 Å². The number of allylic oxidation sites excluding steroid dienone is 5. The normalized spacial score (nSPS) is 14.8. The maximum Gasteiger partial charge on any atom is 0.136 e. The van der Waals surface area contributed by atoms with Gasteiger partial charge in [-0.1, -0.05) is 134 Å². The predicted molar refractivity (Wildman–Crippen MR) is 222 cm³/mol. The zero-order chi connectivity index (χ0) is 35.0. The summed E-state index contributed by atoms with van der Waals surface area (Å²) in [5.74, 6) is 0.313. The third-order valence-electron chi connectivity index (χ3n) is 10.7. The van der Waals surface area contributed by atoms with E-state index in [-0.39, 0.29) is 0 Å². The highest BCUT2D eigenvalue weighted by Crippen LogP contribution is 2.41. The molecule has 52 heavy (non-hydrogen) atoms. The molecule has 0 bridgehead atoms. The number of hydrogen-bond acceptors (Lipinski definition) is 2. The monoisotopic (exact) mass is 671 g/mol. The summed E-state index contributed by atoms with van der Waals surface area (Å²) in [4.78, 5) is 2.46. The van der Waals surface area contributed by atoms with Crippen LogP contribution < -0.4 is 4.90 Å². The first kappa shape index (κ1) is 31.8. The molecule has 0 aliphatic heterocycles. The van der Waals surface area contributed by atoms with Crippen molar-refractivity contribution < 1.29 is 4.42 Å². The molecule has 7 aromatic carbocycles. The first-order chi connectivity index (χ1) is 25.6. The lowest BCUT2D eigenvalue weighted by Crippen LogP contribution is -2.24. The van der Waals surface area contributed by atoms with Crippen LogP contribution >= 0.6 is 0 Å². The molecule has 1 atom stereocenters. The van der Waals surface area contributed by atoms with Gasteiger partial charge in [0.15, 0.2) is 0 Å². The molecule has 2 heteroatoms. The maximum absolute atomic E-state index is 6.17. The molecular weight excluding hydrogens is 631 g/mol. The highest BCUT2D eigenvalue weighted by molar-refractivity contribution is 6.19. The average molecular weight is 672 g/mol. The van der Waals surface area contributed by atoms with Crippen molar-refractivity contribution in [3.63, 3.8) is 0 Å². The molecule has 0 fully saturated rings. The van der Waals surface area contributed by atoms with E-state index in [2.05, 4.69) is 177 Å². The average Bonchev–Trinajstić information content (AvgIpc) is 3.60. The van der Waals surface area contributed by atoms with Crippen LogP contribution in [0, 0.1) is 5.92 Å². The topological polar surface area (TPSA) is 16.4 Å². The van der Waals surface area contributed by atoms with Gasteiger partial charge >= 0.3 is 0 Å². The Bertz CT molecular complexity index is 2670. The van der Waals surface area contributed by atoms with Gasteiger partial charge in [0.1, 0.15) is 11.2 Å². The fourth-order valence-corrected chi connectivity index (χ4v) is 7.94. The van der Waals surface area contributed by atoms with E-state index >= 15 is 0 Å². The van der Waals surface area contributed by atoms with Gasteiger partial charge in [-0.15, -0.1) is 0 Å². The largest absolute Gasteiger partial charge is 0.456 e. The van der Waals surface area contributed by atoms with Gasteiger partial charge in [-0.25, -0.2) is 0 Å². The van der Waals surface area contributed by atoms with Crippen LogP contribution in [0.2, 0.25) is 0 Å². The van der Waals surface area contributed by atoms with Crippen molar-refractivity contribution in [3.8, 4) is 22.3 Å². The van der Waals surface area contributed by atoms with E-state index in [1.165, 1.54) is 60.5 Å². The van der Waals surface area contributed by atoms with Gasteiger partial charge in [0.2, 0.25) is 0 Å². The van der Waals surface area contributed by atoms with Gasteiger partial charge in [0.05, 0.1) is 0 Å². The van der Waals surface area contributed by atoms with Gasteiger partial charge in [-0.2, -0.15) is 0 Å². The minimum Gasteiger partial charge on any atom is -0.456 e. The van der Waals surface area contributed by atoms with Crippen LogP contribution in [0.15, 0.2) is 186 Å². The zero-order valence-corrected chi connectivity index (χ0v) is 29.7. The lowest BCUT2D eigenvalue weighted by Gasteiger charge is -2.34. The van der Waals surface area contributed by atoms with Gasteiger partial charge < -0.3 is 9.32 Å². The molecule has 1 aliphatic rings. The van der Waals surface area contributed by atoms with Crippen LogP contribution in [0.25, 0.3) is 65.7 Å². The first-order valence-corrected chi connectivity index (χ1v) is 18.5. The zero-order valence-electron chi connectivity index (χ0n) is 29.7. The third-order valence-corrected chi connectivity index (χ3v) is 10.7. The van der Waals surface area contributed by atoms with E-state index < -0.39 is 0 Å². The van der Waals surface area contributed by atoms with Crippen LogP contribution in [-0.2, 0) is 0 Å². The van der Waals surface area contributed by atoms with Crippen molar-refractivity contribution in [3.05, 3.63) is 181 Å². The first-order valence-electron chi connectivity index (χ1n) is 18.5. The number of para-hydroxylation sites is 1. The number of rotatable bonds is 8. The summed E-state index contributed by atoms with van der Waals surface area (Å²) in [6, 6.07) is 52.9. The summed E-state index contributed by atoms with van der Waals surface area (Å²) in [6.07, 6.45) is 12.5. The highest BCUT2D eigenvalue weighted by atomic mass is 16.3. The van der Waals surface area contributed by atoms with Crippen molar-refractivity contribution in [1.82, 2.24) is 0 Å². The van der Waals surface area contributed by atoms with Crippen molar-refractivity contribution in [2.24, 2.45) is 5.92 Å². The molecular formula is C50H41NO. The minimum atomic E-state index is 0.313. The molecule has 0 spiro atoms. The minimum absolute atomic E-state index is 0.313. The Kier molecular flexibility index (Phi) is 8.29. The Labute approximate surface area is 305 Å². The van der Waals surface area contributed by atoms with Crippen LogP contribution in [-0.4, -0.2) is 0 Å². The van der Waals surface area contributed by atoms with E-state index in [0.29, 0.717) is 5.92 Å². The van der Waals surface area contributed by atoms with Crippen LogP contribution in [0.4, 0.5) is 11.4 Å². The van der Waals surface area contributed by atoms with Crippen molar-refractivity contribution >= 4 is 54.9 Å². The van der Waals surface area contributed by atoms with E-state index in [1.807, 2.05) is 12.1 Å². The lowest BCUT2D eigenvalue weighted by atomic mass is 9.87. The fourth-order valence-electron chi connectivity index (χ4n) is 7.94. The molecule has 1 heterocycles. The van der Waals surface area contributed by atoms with E-state index in [4.69, 9.17) is 4.42 Å². The summed E-state index contributed by atoms with van der Waals surface area (Å²) in [5, 5.41) is 7.30. The Morgan fingerprint density at radius 2 is 1.27 bits per heavy atom. The molecule has 1 aliphatic carbocycles. The van der Waals surface area contributed by atoms with Crippen molar-refractivity contribution in [2.75, 3.05) is 4.90 Å². The second-order valence-electron chi connectivity index (χ2n) is 14.0. The summed E-state index contributed by atoms with van der Waals surface area (Å²) in [5.41, 5.74) is 11.8. The highest BCUT2D eigenvalue weighted by Gasteiger charge is 2.25. The molecule has 1 aromatic heterocycles. The SMILES string of the molecule is CCC/C=C(\C)C1CC=CC=C1N(c1ccc(-c2ccc3ccccc3c2)cc1)c1ccc(-c2ccc3c(ccc4oc5ccccc5c43)c2)cc1. The Hall–Kier alpha value is -6.12. The Morgan fingerprint density at radius 1 is 0.635 bits per heavy atom. The van der Waals surface area contributed by atoms with Crippen LogP contribution in [0.5, 0.6) is 0 Å². The van der Waals surface area contributed by atoms with Gasteiger partial charge in [0.25, 0.3) is 0 Å². The Morgan fingerprint density at radius 3 is 2.02 bits per heavy atom. The second-order valence-corrected chi connectivity index (χ2v) is 14.0. The lowest BCUT2D eigenvalue weighted by molar-refractivity contribution is 0.669. The smallest absolute Gasteiger partial charge is 0.136 e. The van der Waals surface area contributed by atoms with Crippen molar-refractivity contribution in [1.29, 1.82) is 0 Å². The Balaban J connectivity index is 1.09. The summed E-state index contributed by atoms with van der Waals surface area (Å²) < 4.78 is 6.17. The number of anilines is 2. The molecule has 0 radical (unpaired) electrons. The second kappa shape index (κ2) is 13.5. The van der Waals surface area contributed by atoms with Gasteiger partial charge in [-0.05, 0) is 118 Å². The predicted octanol–water partition coefficient (Wildman–Crippen LogP) is 14.6. The molecule has 0 saturated carbocycles. The molecule has 2 nitrogen and oxygen atoms in total. The molecule has 0 N–H and O–H groups in total. The molecule has 9 rings (SSSR count). The third kappa shape index (κ3) is 5.81. The number of benzene rings is 7. The fraction of sp³-hybridized carbons (Fsp3) is 0.120. The quantitative estimate of drug-likeness (QED) is 0.150. The van der Waals surface area contributed by atoms with Crippen LogP contribution in [0.1, 0.15) is 33.1 Å². The van der Waals surface area contributed by atoms with Gasteiger partial charge in [0, 0.05) is 33.8 Å². The molecule has 252 valence electrons. The molecule has 1 unspecified atom stereocenters. The van der Waals surface area contributed by atoms with Crippen LogP contribution in [0.3, 0.4) is 0 Å². The van der Waals surface area contributed by atoms with E-state index in [0.717, 1.165) is 47.2 Å². The molecule has 8 aromatic rings. The number of unbranched alkanes of at least 4 members (excludes halogenated alkanes) is 1. The number of furan rings is 1. The summed E-state index contributed by atoms with van der Waals surface area (Å²) >= 11 is 0. The maximum atomic E-state index is 6.17.